The van der Waals surface area contributed by atoms with E-state index in [4.69, 9.17) is 0 Å². The summed E-state index contributed by atoms with van der Waals surface area (Å²) >= 11 is 0. The van der Waals surface area contributed by atoms with Crippen molar-refractivity contribution >= 4 is 17.1 Å². The maximum Gasteiger partial charge on any atom is 0.307 e. The smallest absolute Gasteiger partial charge is 0.258 e. The van der Waals surface area contributed by atoms with Crippen LogP contribution in [0.25, 0.3) is 0 Å². The van der Waals surface area contributed by atoms with E-state index in [0.29, 0.717) is 5.69 Å². The number of rotatable bonds is 3. The zero-order chi connectivity index (χ0) is 13.0. The topological polar surface area (TPSA) is 67.9 Å². The number of nitro benzene ring substituents is 1. The van der Waals surface area contributed by atoms with Gasteiger partial charge in [0.1, 0.15) is 0 Å². The third-order valence-corrected chi connectivity index (χ3v) is 2.16. The molecule has 0 N–H and O–H groups in total. The number of benzene rings is 2. The SMILES string of the molecule is O=[N+]([O-])c1cc(N=Nc2ccccc2)ccc1F. The van der Waals surface area contributed by atoms with Gasteiger partial charge >= 0.3 is 5.69 Å². The molecule has 6 heteroatoms. The quantitative estimate of drug-likeness (QED) is 0.463. The lowest BCUT2D eigenvalue weighted by atomic mass is 10.3. The zero-order valence-electron chi connectivity index (χ0n) is 9.15. The number of halogens is 1. The van der Waals surface area contributed by atoms with E-state index in [9.17, 15) is 14.5 Å². The second kappa shape index (κ2) is 5.13. The van der Waals surface area contributed by atoms with Crippen molar-refractivity contribution in [2.45, 2.75) is 0 Å². The van der Waals surface area contributed by atoms with E-state index in [-0.39, 0.29) is 5.69 Å². The molecule has 0 aliphatic carbocycles. The van der Waals surface area contributed by atoms with E-state index < -0.39 is 16.4 Å². The summed E-state index contributed by atoms with van der Waals surface area (Å²) < 4.78 is 13.1. The van der Waals surface area contributed by atoms with Gasteiger partial charge in [0.25, 0.3) is 0 Å². The van der Waals surface area contributed by atoms with Crippen LogP contribution < -0.4 is 0 Å². The first-order chi connectivity index (χ1) is 8.66. The second-order valence-electron chi connectivity index (χ2n) is 3.43. The fraction of sp³-hybridized carbons (Fsp3) is 0. The Morgan fingerprint density at radius 1 is 1.00 bits per heavy atom. The van der Waals surface area contributed by atoms with E-state index >= 15 is 0 Å². The Balaban J connectivity index is 2.28. The van der Waals surface area contributed by atoms with Crippen molar-refractivity contribution < 1.29 is 9.31 Å². The lowest BCUT2D eigenvalue weighted by molar-refractivity contribution is -0.387. The standard InChI is InChI=1S/C12H8FN3O2/c13-11-7-6-10(8-12(11)16(17)18)15-14-9-4-2-1-3-5-9/h1-8H. The summed E-state index contributed by atoms with van der Waals surface area (Å²) in [5, 5.41) is 18.2. The minimum absolute atomic E-state index is 0.229. The molecule has 90 valence electrons. The van der Waals surface area contributed by atoms with E-state index in [2.05, 4.69) is 10.2 Å². The van der Waals surface area contributed by atoms with Crippen LogP contribution in [0.4, 0.5) is 21.5 Å². The normalized spacial score (nSPS) is 10.7. The van der Waals surface area contributed by atoms with E-state index in [1.54, 1.807) is 24.3 Å². The largest absolute Gasteiger partial charge is 0.307 e. The lowest BCUT2D eigenvalue weighted by Gasteiger charge is -1.95. The van der Waals surface area contributed by atoms with Gasteiger partial charge in [-0.1, -0.05) is 18.2 Å². The Labute approximate surface area is 102 Å². The summed E-state index contributed by atoms with van der Waals surface area (Å²) in [6, 6.07) is 12.3. The summed E-state index contributed by atoms with van der Waals surface area (Å²) in [6.45, 7) is 0. The van der Waals surface area contributed by atoms with Crippen LogP contribution in [0.15, 0.2) is 58.8 Å². The average Bonchev–Trinajstić information content (AvgIpc) is 2.38. The molecule has 0 aromatic heterocycles. The highest BCUT2D eigenvalue weighted by atomic mass is 19.1. The van der Waals surface area contributed by atoms with Gasteiger partial charge in [0.2, 0.25) is 5.82 Å². The highest BCUT2D eigenvalue weighted by Gasteiger charge is 2.13. The van der Waals surface area contributed by atoms with Crippen molar-refractivity contribution in [1.82, 2.24) is 0 Å². The van der Waals surface area contributed by atoms with Gasteiger partial charge in [-0.3, -0.25) is 10.1 Å². The molecular formula is C12H8FN3O2. The third kappa shape index (κ3) is 2.73. The van der Waals surface area contributed by atoms with Crippen molar-refractivity contribution in [3.8, 4) is 0 Å². The highest BCUT2D eigenvalue weighted by molar-refractivity contribution is 5.48. The van der Waals surface area contributed by atoms with Crippen LogP contribution in [0.5, 0.6) is 0 Å². The molecule has 0 aliphatic rings. The Morgan fingerprint density at radius 2 is 1.67 bits per heavy atom. The van der Waals surface area contributed by atoms with Gasteiger partial charge in [-0.15, -0.1) is 0 Å². The number of hydrogen-bond acceptors (Lipinski definition) is 4. The average molecular weight is 245 g/mol. The summed E-state index contributed by atoms with van der Waals surface area (Å²) in [7, 11) is 0. The van der Waals surface area contributed by atoms with Crippen LogP contribution in [-0.4, -0.2) is 4.92 Å². The molecule has 0 atom stereocenters. The lowest BCUT2D eigenvalue weighted by Crippen LogP contribution is -1.91. The van der Waals surface area contributed by atoms with Gasteiger partial charge in [0, 0.05) is 6.07 Å². The number of hydrogen-bond donors (Lipinski definition) is 0. The molecule has 0 radical (unpaired) electrons. The van der Waals surface area contributed by atoms with Gasteiger partial charge in [-0.25, -0.2) is 0 Å². The first-order valence-corrected chi connectivity index (χ1v) is 5.07. The van der Waals surface area contributed by atoms with Crippen molar-refractivity contribution in [3.05, 3.63) is 64.5 Å². The monoisotopic (exact) mass is 245 g/mol. The van der Waals surface area contributed by atoms with Crippen LogP contribution in [0.1, 0.15) is 0 Å². The van der Waals surface area contributed by atoms with Crippen LogP contribution >= 0.6 is 0 Å². The Morgan fingerprint density at radius 3 is 2.33 bits per heavy atom. The van der Waals surface area contributed by atoms with Gasteiger partial charge < -0.3 is 0 Å². The first-order valence-electron chi connectivity index (χ1n) is 5.07. The van der Waals surface area contributed by atoms with Crippen molar-refractivity contribution in [1.29, 1.82) is 0 Å². The van der Waals surface area contributed by atoms with Crippen molar-refractivity contribution in [3.63, 3.8) is 0 Å². The molecule has 5 nitrogen and oxygen atoms in total. The van der Waals surface area contributed by atoms with Crippen LogP contribution in [0.3, 0.4) is 0 Å². The number of nitro groups is 1. The Hall–Kier alpha value is -2.63. The predicted octanol–water partition coefficient (Wildman–Crippen LogP) is 4.15. The predicted molar refractivity (Wildman–Crippen MR) is 63.7 cm³/mol. The number of azo groups is 1. The molecule has 0 aliphatic heterocycles. The maximum absolute atomic E-state index is 13.1. The van der Waals surface area contributed by atoms with Gasteiger partial charge in [0.15, 0.2) is 0 Å². The van der Waals surface area contributed by atoms with Crippen molar-refractivity contribution in [2.24, 2.45) is 10.2 Å². The van der Waals surface area contributed by atoms with Gasteiger partial charge in [0.05, 0.1) is 16.3 Å². The zero-order valence-corrected chi connectivity index (χ0v) is 9.15. The molecule has 2 aromatic rings. The molecule has 0 heterocycles. The molecule has 18 heavy (non-hydrogen) atoms. The molecule has 0 saturated carbocycles. The van der Waals surface area contributed by atoms with E-state index in [1.165, 1.54) is 6.07 Å². The van der Waals surface area contributed by atoms with Crippen LogP contribution in [-0.2, 0) is 0 Å². The van der Waals surface area contributed by atoms with Crippen LogP contribution in [0, 0.1) is 15.9 Å². The molecule has 0 fully saturated rings. The highest BCUT2D eigenvalue weighted by Crippen LogP contribution is 2.25. The molecule has 0 bridgehead atoms. The van der Waals surface area contributed by atoms with Crippen molar-refractivity contribution in [2.75, 3.05) is 0 Å². The first kappa shape index (κ1) is 11.8. The Kier molecular flexibility index (Phi) is 3.38. The fourth-order valence-corrected chi connectivity index (χ4v) is 1.31. The molecule has 0 amide bonds. The summed E-state index contributed by atoms with van der Waals surface area (Å²) in [4.78, 5) is 9.75. The van der Waals surface area contributed by atoms with Gasteiger partial charge in [-0.05, 0) is 24.3 Å². The van der Waals surface area contributed by atoms with E-state index in [1.807, 2.05) is 6.07 Å². The Bertz CT molecular complexity index is 600. The molecule has 0 saturated heterocycles. The molecule has 0 unspecified atom stereocenters. The molecule has 2 aromatic carbocycles. The van der Waals surface area contributed by atoms with Gasteiger partial charge in [-0.2, -0.15) is 14.6 Å². The molecular weight excluding hydrogens is 237 g/mol. The molecule has 0 spiro atoms. The minimum Gasteiger partial charge on any atom is -0.258 e. The van der Waals surface area contributed by atoms with Crippen LogP contribution in [0.2, 0.25) is 0 Å². The number of nitrogens with zero attached hydrogens (tertiary/aromatic N) is 3. The summed E-state index contributed by atoms with van der Waals surface area (Å²) in [5.74, 6) is -0.890. The fourth-order valence-electron chi connectivity index (χ4n) is 1.31. The maximum atomic E-state index is 13.1. The minimum atomic E-state index is -0.890. The third-order valence-electron chi connectivity index (χ3n) is 2.16. The molecule has 2 rings (SSSR count). The second-order valence-corrected chi connectivity index (χ2v) is 3.43. The van der Waals surface area contributed by atoms with E-state index in [0.717, 1.165) is 12.1 Å². The summed E-state index contributed by atoms with van der Waals surface area (Å²) in [6.07, 6.45) is 0. The summed E-state index contributed by atoms with van der Waals surface area (Å²) in [5.41, 5.74) is 0.232.